The highest BCUT2D eigenvalue weighted by atomic mass is 19.2. The summed E-state index contributed by atoms with van der Waals surface area (Å²) >= 11 is 0. The minimum absolute atomic E-state index is 0.120. The maximum atomic E-state index is 14.1. The fourth-order valence-electron chi connectivity index (χ4n) is 3.13. The molecule has 1 heterocycles. The van der Waals surface area contributed by atoms with Crippen molar-refractivity contribution in [3.8, 4) is 0 Å². The van der Waals surface area contributed by atoms with Crippen molar-refractivity contribution in [3.63, 3.8) is 0 Å². The second-order valence-electron chi connectivity index (χ2n) is 8.75. The van der Waals surface area contributed by atoms with Gasteiger partial charge in [-0.3, -0.25) is 4.79 Å². The number of carbonyl (C=O) groups is 2. The van der Waals surface area contributed by atoms with Gasteiger partial charge in [0.15, 0.2) is 11.6 Å². The number of benzene rings is 1. The predicted molar refractivity (Wildman–Crippen MR) is 117 cm³/mol. The van der Waals surface area contributed by atoms with Gasteiger partial charge in [-0.25, -0.2) is 18.6 Å². The average Bonchev–Trinajstić information content (AvgIpc) is 3.13. The van der Waals surface area contributed by atoms with Crippen molar-refractivity contribution in [2.75, 3.05) is 6.61 Å². The van der Waals surface area contributed by atoms with E-state index < -0.39 is 29.4 Å². The summed E-state index contributed by atoms with van der Waals surface area (Å²) in [6.45, 7) is 7.73. The quantitative estimate of drug-likeness (QED) is 0.336. The molecule has 0 saturated carbocycles. The molecule has 178 valence electrons. The van der Waals surface area contributed by atoms with Crippen LogP contribution in [0.3, 0.4) is 0 Å². The molecule has 0 saturated heterocycles. The van der Waals surface area contributed by atoms with E-state index in [-0.39, 0.29) is 11.5 Å². The predicted octanol–water partition coefficient (Wildman–Crippen LogP) is 5.70. The lowest BCUT2D eigenvalue weighted by molar-refractivity contribution is -0.143. The monoisotopic (exact) mass is 453 g/mol. The highest BCUT2D eigenvalue weighted by Crippen LogP contribution is 2.24. The van der Waals surface area contributed by atoms with Crippen LogP contribution in [-0.2, 0) is 14.3 Å². The van der Waals surface area contributed by atoms with Gasteiger partial charge in [0.05, 0.1) is 18.2 Å². The first-order valence-electron chi connectivity index (χ1n) is 11.1. The number of hydrogen-bond acceptors (Lipinski definition) is 5. The smallest absolute Gasteiger partial charge is 0.408 e. The van der Waals surface area contributed by atoms with E-state index in [9.17, 15) is 18.4 Å². The van der Waals surface area contributed by atoms with E-state index in [2.05, 4.69) is 15.3 Å². The largest absolute Gasteiger partial charge is 0.466 e. The van der Waals surface area contributed by atoms with Crippen molar-refractivity contribution in [1.29, 1.82) is 0 Å². The Hall–Kier alpha value is -2.71. The van der Waals surface area contributed by atoms with Crippen LogP contribution >= 0.6 is 0 Å². The van der Waals surface area contributed by atoms with Gasteiger partial charge >= 0.3 is 12.1 Å². The van der Waals surface area contributed by atoms with Crippen LogP contribution in [0.25, 0.3) is 11.0 Å². The number of halogens is 2. The average molecular weight is 454 g/mol. The second-order valence-corrected chi connectivity index (χ2v) is 8.75. The number of carbonyl (C=O) groups excluding carboxylic acids is 2. The van der Waals surface area contributed by atoms with Crippen molar-refractivity contribution in [2.24, 2.45) is 0 Å². The Morgan fingerprint density at radius 1 is 1.16 bits per heavy atom. The van der Waals surface area contributed by atoms with Gasteiger partial charge in [0.2, 0.25) is 0 Å². The molecule has 2 aromatic rings. The Morgan fingerprint density at radius 2 is 1.91 bits per heavy atom. The molecule has 2 rings (SSSR count). The second kappa shape index (κ2) is 11.8. The van der Waals surface area contributed by atoms with E-state index in [1.807, 2.05) is 6.92 Å². The third kappa shape index (κ3) is 8.09. The normalized spacial score (nSPS) is 12.6. The number of H-pyrrole nitrogens is 1. The molecular formula is C23H33F2N3O4. The van der Waals surface area contributed by atoms with E-state index in [0.717, 1.165) is 25.3 Å². The summed E-state index contributed by atoms with van der Waals surface area (Å²) in [7, 11) is 0. The molecular weight excluding hydrogens is 420 g/mol. The van der Waals surface area contributed by atoms with Crippen LogP contribution in [0.15, 0.2) is 12.1 Å². The molecule has 0 spiro atoms. The summed E-state index contributed by atoms with van der Waals surface area (Å²) < 4.78 is 38.1. The minimum atomic E-state index is -1.04. The van der Waals surface area contributed by atoms with Gasteiger partial charge in [-0.1, -0.05) is 26.2 Å². The van der Waals surface area contributed by atoms with E-state index in [1.165, 1.54) is 6.07 Å². The van der Waals surface area contributed by atoms with Gasteiger partial charge in [-0.15, -0.1) is 0 Å². The molecule has 0 radical (unpaired) electrons. The van der Waals surface area contributed by atoms with Gasteiger partial charge in [0.25, 0.3) is 0 Å². The van der Waals surface area contributed by atoms with E-state index in [1.54, 1.807) is 20.8 Å². The number of esters is 1. The standard InChI is InChI=1S/C23H33F2N3O4/c1-5-6-14-31-18(29)11-9-7-8-10-17(27-22(30)32-23(2,3)4)21-26-16-13-12-15(24)19(25)20(16)28-21/h12-13,17H,5-11,14H2,1-4H3,(H,26,28)(H,27,30)/t17-/m0/s1. The number of fused-ring (bicyclic) bond motifs is 1. The van der Waals surface area contributed by atoms with Gasteiger partial charge in [-0.05, 0) is 52.2 Å². The van der Waals surface area contributed by atoms with Crippen LogP contribution in [0.5, 0.6) is 0 Å². The molecule has 32 heavy (non-hydrogen) atoms. The number of hydrogen-bond donors (Lipinski definition) is 2. The zero-order valence-electron chi connectivity index (χ0n) is 19.2. The molecule has 9 heteroatoms. The molecule has 7 nitrogen and oxygen atoms in total. The van der Waals surface area contributed by atoms with Gasteiger partial charge in [-0.2, -0.15) is 0 Å². The molecule has 0 unspecified atom stereocenters. The maximum absolute atomic E-state index is 14.1. The summed E-state index contributed by atoms with van der Waals surface area (Å²) in [4.78, 5) is 31.1. The number of aromatic amines is 1. The molecule has 1 aromatic heterocycles. The minimum Gasteiger partial charge on any atom is -0.466 e. The number of nitrogens with one attached hydrogen (secondary N) is 2. The van der Waals surface area contributed by atoms with Crippen LogP contribution in [0.2, 0.25) is 0 Å². The number of imidazole rings is 1. The number of unbranched alkanes of at least 4 members (excludes halogenated alkanes) is 3. The first-order chi connectivity index (χ1) is 15.1. The van der Waals surface area contributed by atoms with E-state index in [0.29, 0.717) is 43.6 Å². The molecule has 0 fully saturated rings. The Balaban J connectivity index is 2.00. The molecule has 1 amide bonds. The van der Waals surface area contributed by atoms with Crippen LogP contribution in [0.1, 0.15) is 84.5 Å². The fourth-order valence-corrected chi connectivity index (χ4v) is 3.13. The Morgan fingerprint density at radius 3 is 2.59 bits per heavy atom. The van der Waals surface area contributed by atoms with Gasteiger partial charge < -0.3 is 19.8 Å². The lowest BCUT2D eigenvalue weighted by Crippen LogP contribution is -2.35. The molecule has 1 atom stereocenters. The first-order valence-corrected chi connectivity index (χ1v) is 11.1. The lowest BCUT2D eigenvalue weighted by Gasteiger charge is -2.23. The van der Waals surface area contributed by atoms with Gasteiger partial charge in [0, 0.05) is 6.42 Å². The molecule has 0 aliphatic heterocycles. The number of amides is 1. The summed E-state index contributed by atoms with van der Waals surface area (Å²) in [5.74, 6) is -1.92. The number of rotatable bonds is 11. The summed E-state index contributed by atoms with van der Waals surface area (Å²) in [5, 5.41) is 2.76. The topological polar surface area (TPSA) is 93.3 Å². The summed E-state index contributed by atoms with van der Waals surface area (Å²) in [5.41, 5.74) is -0.467. The molecule has 0 aliphatic rings. The lowest BCUT2D eigenvalue weighted by atomic mass is 10.1. The Bertz CT molecular complexity index is 909. The molecule has 2 N–H and O–H groups in total. The first kappa shape index (κ1) is 25.5. The van der Waals surface area contributed by atoms with Crippen LogP contribution in [0.4, 0.5) is 13.6 Å². The number of nitrogens with zero attached hydrogens (tertiary/aromatic N) is 1. The van der Waals surface area contributed by atoms with E-state index >= 15 is 0 Å². The number of aromatic nitrogens is 2. The van der Waals surface area contributed by atoms with Crippen molar-refractivity contribution >= 4 is 23.1 Å². The number of ether oxygens (including phenoxy) is 2. The zero-order valence-corrected chi connectivity index (χ0v) is 19.2. The molecule has 1 aromatic carbocycles. The maximum Gasteiger partial charge on any atom is 0.408 e. The van der Waals surface area contributed by atoms with Crippen LogP contribution < -0.4 is 5.32 Å². The highest BCUT2D eigenvalue weighted by molar-refractivity contribution is 5.76. The summed E-state index contributed by atoms with van der Waals surface area (Å²) in [6, 6.07) is 1.84. The van der Waals surface area contributed by atoms with Crippen molar-refractivity contribution in [3.05, 3.63) is 29.6 Å². The molecule has 0 bridgehead atoms. The van der Waals surface area contributed by atoms with Gasteiger partial charge in [0.1, 0.15) is 16.9 Å². The zero-order chi connectivity index (χ0) is 23.7. The number of alkyl carbamates (subject to hydrolysis) is 1. The highest BCUT2D eigenvalue weighted by Gasteiger charge is 2.23. The SMILES string of the molecule is CCCCOC(=O)CCCCC[C@H](NC(=O)OC(C)(C)C)c1nc2c(F)c(F)ccc2[nH]1. The fraction of sp³-hybridized carbons (Fsp3) is 0.609. The molecule has 0 aliphatic carbocycles. The summed E-state index contributed by atoms with van der Waals surface area (Å²) in [6.07, 6.45) is 4.08. The third-order valence-corrected chi connectivity index (χ3v) is 4.72. The van der Waals surface area contributed by atoms with E-state index in [4.69, 9.17) is 9.47 Å². The third-order valence-electron chi connectivity index (χ3n) is 4.72. The van der Waals surface area contributed by atoms with Crippen molar-refractivity contribution < 1.29 is 27.8 Å². The van der Waals surface area contributed by atoms with Crippen LogP contribution in [-0.4, -0.2) is 34.2 Å². The Labute approximate surface area is 187 Å². The Kier molecular flexibility index (Phi) is 9.41. The van der Waals surface area contributed by atoms with Crippen molar-refractivity contribution in [2.45, 2.75) is 84.3 Å². The van der Waals surface area contributed by atoms with Crippen molar-refractivity contribution in [1.82, 2.24) is 15.3 Å². The van der Waals surface area contributed by atoms with Crippen LogP contribution in [0, 0.1) is 11.6 Å².